The Kier molecular flexibility index (Phi) is 4.04. The van der Waals surface area contributed by atoms with Gasteiger partial charge in [-0.3, -0.25) is 0 Å². The number of hydrogen-bond donors (Lipinski definition) is 3. The fourth-order valence-corrected chi connectivity index (χ4v) is 2.07. The molecule has 0 radical (unpaired) electrons. The van der Waals surface area contributed by atoms with Crippen LogP contribution in [0.15, 0.2) is 18.2 Å². The highest BCUT2D eigenvalue weighted by Crippen LogP contribution is 2.22. The molecule has 4 heteroatoms. The monoisotopic (exact) mass is 240 g/mol. The maximum atomic E-state index is 9.41. The van der Waals surface area contributed by atoms with E-state index < -0.39 is 6.10 Å². The number of anilines is 1. The van der Waals surface area contributed by atoms with Gasteiger partial charge in [0, 0.05) is 18.8 Å². The van der Waals surface area contributed by atoms with Crippen molar-refractivity contribution < 1.29 is 5.11 Å². The molecule has 1 aliphatic heterocycles. The van der Waals surface area contributed by atoms with Crippen molar-refractivity contribution in [2.75, 3.05) is 24.3 Å². The predicted octanol–water partition coefficient (Wildman–Crippen LogP) is 1.34. The van der Waals surface area contributed by atoms with Gasteiger partial charge in [0.15, 0.2) is 0 Å². The van der Waals surface area contributed by atoms with Gasteiger partial charge in [0.1, 0.15) is 0 Å². The molecule has 0 bridgehead atoms. The van der Waals surface area contributed by atoms with Crippen LogP contribution in [0.2, 0.25) is 0 Å². The number of halogens is 1. The molecule has 0 saturated carbocycles. The van der Waals surface area contributed by atoms with E-state index in [0.29, 0.717) is 6.54 Å². The second kappa shape index (κ2) is 5.53. The Morgan fingerprint density at radius 2 is 2.38 bits per heavy atom. The van der Waals surface area contributed by atoms with Crippen LogP contribution in [0.4, 0.5) is 5.69 Å². The SMILES string of the molecule is OC(CCl)CNc1cccc2c1CNCC2. The second-order valence-electron chi connectivity index (χ2n) is 4.06. The summed E-state index contributed by atoms with van der Waals surface area (Å²) in [6, 6.07) is 6.27. The molecule has 0 amide bonds. The second-order valence-corrected chi connectivity index (χ2v) is 4.37. The Labute approximate surface area is 101 Å². The Bertz CT molecular complexity index is 357. The van der Waals surface area contributed by atoms with E-state index in [0.717, 1.165) is 25.2 Å². The number of aliphatic hydroxyl groups excluding tert-OH is 1. The molecular weight excluding hydrogens is 224 g/mol. The van der Waals surface area contributed by atoms with Crippen molar-refractivity contribution in [2.24, 2.45) is 0 Å². The van der Waals surface area contributed by atoms with Crippen molar-refractivity contribution in [3.05, 3.63) is 29.3 Å². The van der Waals surface area contributed by atoms with Crippen molar-refractivity contribution in [3.8, 4) is 0 Å². The van der Waals surface area contributed by atoms with Gasteiger partial charge in [-0.1, -0.05) is 12.1 Å². The first-order chi connectivity index (χ1) is 7.81. The predicted molar refractivity (Wildman–Crippen MR) is 67.1 cm³/mol. The van der Waals surface area contributed by atoms with Crippen LogP contribution in [0.5, 0.6) is 0 Å². The average molecular weight is 241 g/mol. The minimum absolute atomic E-state index is 0.264. The highest BCUT2D eigenvalue weighted by atomic mass is 35.5. The first-order valence-corrected chi connectivity index (χ1v) is 6.14. The third kappa shape index (κ3) is 2.67. The summed E-state index contributed by atoms with van der Waals surface area (Å²) >= 11 is 5.56. The van der Waals surface area contributed by atoms with Crippen molar-refractivity contribution in [1.29, 1.82) is 0 Å². The molecule has 1 heterocycles. The first-order valence-electron chi connectivity index (χ1n) is 5.60. The molecule has 2 rings (SSSR count). The van der Waals surface area contributed by atoms with Crippen LogP contribution in [0, 0.1) is 0 Å². The smallest absolute Gasteiger partial charge is 0.0847 e. The fraction of sp³-hybridized carbons (Fsp3) is 0.500. The number of aliphatic hydroxyl groups is 1. The Hall–Kier alpha value is -0.770. The lowest BCUT2D eigenvalue weighted by Crippen LogP contribution is -2.26. The third-order valence-corrected chi connectivity index (χ3v) is 3.21. The highest BCUT2D eigenvalue weighted by molar-refractivity contribution is 6.18. The molecule has 0 aliphatic carbocycles. The summed E-state index contributed by atoms with van der Waals surface area (Å²) in [6.45, 7) is 2.44. The molecule has 3 N–H and O–H groups in total. The number of nitrogens with one attached hydrogen (secondary N) is 2. The highest BCUT2D eigenvalue weighted by Gasteiger charge is 2.12. The lowest BCUT2D eigenvalue weighted by molar-refractivity contribution is 0.211. The standard InChI is InChI=1S/C12H17ClN2O/c13-6-10(16)7-15-12-3-1-2-9-4-5-14-8-11(9)12/h1-3,10,14-16H,4-8H2. The number of benzene rings is 1. The molecule has 0 spiro atoms. The van der Waals surface area contributed by atoms with Gasteiger partial charge >= 0.3 is 0 Å². The summed E-state index contributed by atoms with van der Waals surface area (Å²) in [6.07, 6.45) is 0.581. The number of fused-ring (bicyclic) bond motifs is 1. The Morgan fingerprint density at radius 1 is 1.50 bits per heavy atom. The molecule has 1 aliphatic rings. The van der Waals surface area contributed by atoms with Gasteiger partial charge in [0.25, 0.3) is 0 Å². The van der Waals surface area contributed by atoms with Crippen LogP contribution in [0.25, 0.3) is 0 Å². The van der Waals surface area contributed by atoms with Gasteiger partial charge in [0.2, 0.25) is 0 Å². The van der Waals surface area contributed by atoms with E-state index in [1.54, 1.807) is 0 Å². The maximum absolute atomic E-state index is 9.41. The molecule has 3 nitrogen and oxygen atoms in total. The summed E-state index contributed by atoms with van der Waals surface area (Å²) in [4.78, 5) is 0. The van der Waals surface area contributed by atoms with Crippen LogP contribution >= 0.6 is 11.6 Å². The number of rotatable bonds is 4. The van der Waals surface area contributed by atoms with E-state index in [1.807, 2.05) is 6.07 Å². The van der Waals surface area contributed by atoms with Crippen LogP contribution < -0.4 is 10.6 Å². The summed E-state index contributed by atoms with van der Waals surface area (Å²) in [5, 5.41) is 16.0. The summed E-state index contributed by atoms with van der Waals surface area (Å²) in [5.74, 6) is 0.264. The van der Waals surface area contributed by atoms with Crippen molar-refractivity contribution in [3.63, 3.8) is 0 Å². The van der Waals surface area contributed by atoms with E-state index in [9.17, 15) is 5.11 Å². The normalized spacial score (nSPS) is 16.6. The van der Waals surface area contributed by atoms with E-state index in [4.69, 9.17) is 11.6 Å². The Balaban J connectivity index is 2.08. The molecule has 1 unspecified atom stereocenters. The van der Waals surface area contributed by atoms with Gasteiger partial charge in [-0.2, -0.15) is 0 Å². The molecule has 88 valence electrons. The van der Waals surface area contributed by atoms with Gasteiger partial charge in [-0.05, 0) is 30.2 Å². The third-order valence-electron chi connectivity index (χ3n) is 2.85. The van der Waals surface area contributed by atoms with Crippen LogP contribution in [-0.4, -0.2) is 30.2 Å². The first kappa shape index (κ1) is 11.7. The zero-order valence-corrected chi connectivity index (χ0v) is 9.93. The molecule has 16 heavy (non-hydrogen) atoms. The van der Waals surface area contributed by atoms with Gasteiger partial charge in [-0.15, -0.1) is 11.6 Å². The molecule has 0 saturated heterocycles. The maximum Gasteiger partial charge on any atom is 0.0847 e. The van der Waals surface area contributed by atoms with Crippen molar-refractivity contribution >= 4 is 17.3 Å². The van der Waals surface area contributed by atoms with Crippen LogP contribution in [0.3, 0.4) is 0 Å². The van der Waals surface area contributed by atoms with Crippen LogP contribution in [0.1, 0.15) is 11.1 Å². The topological polar surface area (TPSA) is 44.3 Å². The minimum Gasteiger partial charge on any atom is -0.390 e. The quantitative estimate of drug-likeness (QED) is 0.696. The van der Waals surface area contributed by atoms with Crippen molar-refractivity contribution in [1.82, 2.24) is 5.32 Å². The van der Waals surface area contributed by atoms with Gasteiger partial charge in [0.05, 0.1) is 12.0 Å². The van der Waals surface area contributed by atoms with E-state index in [-0.39, 0.29) is 5.88 Å². The lowest BCUT2D eigenvalue weighted by Gasteiger charge is -2.21. The molecule has 0 aromatic heterocycles. The van der Waals surface area contributed by atoms with Crippen LogP contribution in [-0.2, 0) is 13.0 Å². The fourth-order valence-electron chi connectivity index (χ4n) is 1.96. The molecule has 1 aromatic rings. The minimum atomic E-state index is -0.492. The largest absolute Gasteiger partial charge is 0.390 e. The van der Waals surface area contributed by atoms with E-state index in [1.165, 1.54) is 11.1 Å². The summed E-state index contributed by atoms with van der Waals surface area (Å²) in [7, 11) is 0. The average Bonchev–Trinajstić information content (AvgIpc) is 2.35. The Morgan fingerprint density at radius 3 is 3.19 bits per heavy atom. The zero-order chi connectivity index (χ0) is 11.4. The van der Waals surface area contributed by atoms with E-state index in [2.05, 4.69) is 22.8 Å². The summed E-state index contributed by atoms with van der Waals surface area (Å²) < 4.78 is 0. The molecule has 0 fully saturated rings. The van der Waals surface area contributed by atoms with Gasteiger partial charge < -0.3 is 15.7 Å². The molecule has 1 aromatic carbocycles. The van der Waals surface area contributed by atoms with Crippen molar-refractivity contribution in [2.45, 2.75) is 19.1 Å². The molecular formula is C12H17ClN2O. The number of hydrogen-bond acceptors (Lipinski definition) is 3. The number of alkyl halides is 1. The van der Waals surface area contributed by atoms with Gasteiger partial charge in [-0.25, -0.2) is 0 Å². The summed E-state index contributed by atoms with van der Waals surface area (Å²) in [5.41, 5.74) is 3.81. The van der Waals surface area contributed by atoms with E-state index >= 15 is 0 Å². The molecule has 1 atom stereocenters. The lowest BCUT2D eigenvalue weighted by atomic mass is 9.99. The zero-order valence-electron chi connectivity index (χ0n) is 9.17.